The van der Waals surface area contributed by atoms with E-state index in [1.807, 2.05) is 0 Å². The van der Waals surface area contributed by atoms with Crippen molar-refractivity contribution in [3.63, 3.8) is 0 Å². The van der Waals surface area contributed by atoms with Crippen molar-refractivity contribution in [3.05, 3.63) is 22.2 Å². The maximum Gasteiger partial charge on any atom is 0.260 e. The molecule has 3 nitrogen and oxygen atoms in total. The predicted molar refractivity (Wildman–Crippen MR) is 52.3 cm³/mol. The van der Waals surface area contributed by atoms with Gasteiger partial charge in [-0.2, -0.15) is 0 Å². The standard InChI is InChI=1S/C8H4Cl2N2O/c9-5-1-4-7(2-6(5)10)11-3-12-8(4)13/h1-4H. The molecule has 0 radical (unpaired) electrons. The fourth-order valence-corrected chi connectivity index (χ4v) is 1.50. The molecule has 1 heterocycles. The van der Waals surface area contributed by atoms with Crippen LogP contribution in [-0.2, 0) is 4.79 Å². The number of carbonyl (C=O) groups excluding carboxylic acids is 1. The Morgan fingerprint density at radius 1 is 1.31 bits per heavy atom. The number of halogens is 2. The maximum absolute atomic E-state index is 11.2. The van der Waals surface area contributed by atoms with Crippen molar-refractivity contribution in [3.8, 4) is 0 Å². The number of allylic oxidation sites excluding steroid dienone is 3. The molecule has 0 aromatic rings. The van der Waals surface area contributed by atoms with Crippen molar-refractivity contribution in [2.75, 3.05) is 0 Å². The van der Waals surface area contributed by atoms with Crippen LogP contribution in [0.3, 0.4) is 0 Å². The molecule has 1 amide bonds. The number of hydrogen-bond acceptors (Lipinski definition) is 2. The summed E-state index contributed by atoms with van der Waals surface area (Å²) in [6.45, 7) is 0. The molecule has 1 aliphatic heterocycles. The van der Waals surface area contributed by atoms with Crippen LogP contribution in [0.25, 0.3) is 0 Å². The van der Waals surface area contributed by atoms with Gasteiger partial charge in [-0.3, -0.25) is 4.79 Å². The largest absolute Gasteiger partial charge is 0.271 e. The van der Waals surface area contributed by atoms with Gasteiger partial charge in [0.15, 0.2) is 0 Å². The molecular weight excluding hydrogens is 211 g/mol. The summed E-state index contributed by atoms with van der Waals surface area (Å²) in [7, 11) is 0. The first-order valence-corrected chi connectivity index (χ1v) is 4.33. The minimum absolute atomic E-state index is 0.261. The summed E-state index contributed by atoms with van der Waals surface area (Å²) in [6.07, 6.45) is 4.36. The first kappa shape index (κ1) is 8.66. The van der Waals surface area contributed by atoms with Gasteiger partial charge in [-0.25, -0.2) is 9.98 Å². The maximum atomic E-state index is 11.2. The molecule has 1 unspecified atom stereocenters. The summed E-state index contributed by atoms with van der Waals surface area (Å²) in [4.78, 5) is 18.7. The van der Waals surface area contributed by atoms with E-state index < -0.39 is 5.92 Å². The van der Waals surface area contributed by atoms with Crippen molar-refractivity contribution in [2.24, 2.45) is 15.9 Å². The van der Waals surface area contributed by atoms with Crippen LogP contribution in [0.1, 0.15) is 0 Å². The second-order valence-electron chi connectivity index (χ2n) is 2.62. The average molecular weight is 215 g/mol. The minimum atomic E-state index is -0.458. The van der Waals surface area contributed by atoms with Gasteiger partial charge in [0.1, 0.15) is 12.3 Å². The molecule has 5 heteroatoms. The summed E-state index contributed by atoms with van der Waals surface area (Å²) >= 11 is 11.5. The van der Waals surface area contributed by atoms with E-state index in [9.17, 15) is 4.79 Å². The third kappa shape index (κ3) is 1.45. The second-order valence-corrected chi connectivity index (χ2v) is 3.44. The number of hydrogen-bond donors (Lipinski definition) is 0. The first-order chi connectivity index (χ1) is 6.18. The van der Waals surface area contributed by atoms with Gasteiger partial charge in [-0.1, -0.05) is 23.2 Å². The van der Waals surface area contributed by atoms with E-state index >= 15 is 0 Å². The van der Waals surface area contributed by atoms with Crippen LogP contribution in [0.4, 0.5) is 0 Å². The predicted octanol–water partition coefficient (Wildman–Crippen LogP) is 1.87. The van der Waals surface area contributed by atoms with Crippen LogP contribution in [0.15, 0.2) is 32.2 Å². The van der Waals surface area contributed by atoms with Gasteiger partial charge in [0.05, 0.1) is 15.8 Å². The zero-order valence-corrected chi connectivity index (χ0v) is 7.88. The van der Waals surface area contributed by atoms with E-state index in [1.165, 1.54) is 6.34 Å². The number of aliphatic imine (C=N–C) groups is 2. The highest BCUT2D eigenvalue weighted by Gasteiger charge is 2.27. The van der Waals surface area contributed by atoms with Crippen molar-refractivity contribution in [1.29, 1.82) is 0 Å². The molecule has 0 aromatic carbocycles. The van der Waals surface area contributed by atoms with Crippen molar-refractivity contribution in [1.82, 2.24) is 0 Å². The Morgan fingerprint density at radius 3 is 2.85 bits per heavy atom. The zero-order valence-electron chi connectivity index (χ0n) is 6.37. The van der Waals surface area contributed by atoms with E-state index in [0.29, 0.717) is 15.8 Å². The van der Waals surface area contributed by atoms with E-state index in [-0.39, 0.29) is 5.91 Å². The Balaban J connectivity index is 2.47. The first-order valence-electron chi connectivity index (χ1n) is 3.57. The number of amides is 1. The molecule has 0 saturated heterocycles. The lowest BCUT2D eigenvalue weighted by Crippen LogP contribution is -2.25. The molecular formula is C8H4Cl2N2O. The highest BCUT2D eigenvalue weighted by molar-refractivity contribution is 6.46. The summed E-state index contributed by atoms with van der Waals surface area (Å²) in [5.74, 6) is -0.719. The third-order valence-electron chi connectivity index (χ3n) is 1.79. The zero-order chi connectivity index (χ0) is 9.42. The van der Waals surface area contributed by atoms with Gasteiger partial charge in [0.2, 0.25) is 0 Å². The van der Waals surface area contributed by atoms with E-state index in [0.717, 1.165) is 0 Å². The SMILES string of the molecule is O=C1N=CN=C2C=C(Cl)C(Cl)=CC12. The number of nitrogens with zero attached hydrogens (tertiary/aromatic N) is 2. The number of carbonyl (C=O) groups is 1. The number of rotatable bonds is 0. The van der Waals surface area contributed by atoms with E-state index in [4.69, 9.17) is 23.2 Å². The Bertz CT molecular complexity index is 393. The van der Waals surface area contributed by atoms with Crippen molar-refractivity contribution < 1.29 is 4.79 Å². The van der Waals surface area contributed by atoms with Gasteiger partial charge in [0.25, 0.3) is 5.91 Å². The molecule has 1 aliphatic carbocycles. The molecule has 0 fully saturated rings. The average Bonchev–Trinajstić information content (AvgIpc) is 2.09. The second kappa shape index (κ2) is 3.09. The quantitative estimate of drug-likeness (QED) is 0.608. The van der Waals surface area contributed by atoms with Gasteiger partial charge in [0, 0.05) is 0 Å². The highest BCUT2D eigenvalue weighted by Crippen LogP contribution is 2.28. The lowest BCUT2D eigenvalue weighted by atomic mass is 9.97. The Kier molecular flexibility index (Phi) is 2.06. The van der Waals surface area contributed by atoms with Crippen LogP contribution in [0.5, 0.6) is 0 Å². The molecule has 2 aliphatic rings. The Hall–Kier alpha value is -0.930. The van der Waals surface area contributed by atoms with Crippen LogP contribution >= 0.6 is 23.2 Å². The van der Waals surface area contributed by atoms with Crippen LogP contribution < -0.4 is 0 Å². The molecule has 0 saturated carbocycles. The van der Waals surface area contributed by atoms with Gasteiger partial charge in [-0.05, 0) is 12.2 Å². The van der Waals surface area contributed by atoms with Crippen LogP contribution in [0, 0.1) is 5.92 Å². The number of fused-ring (bicyclic) bond motifs is 1. The molecule has 0 spiro atoms. The van der Waals surface area contributed by atoms with Crippen LogP contribution in [-0.4, -0.2) is 18.0 Å². The highest BCUT2D eigenvalue weighted by atomic mass is 35.5. The normalized spacial score (nSPS) is 26.2. The lowest BCUT2D eigenvalue weighted by Gasteiger charge is -2.16. The van der Waals surface area contributed by atoms with Gasteiger partial charge in [-0.15, -0.1) is 0 Å². The molecule has 0 bridgehead atoms. The van der Waals surface area contributed by atoms with Crippen molar-refractivity contribution >= 4 is 41.2 Å². The molecule has 1 atom stereocenters. The molecule has 66 valence electrons. The molecule has 13 heavy (non-hydrogen) atoms. The van der Waals surface area contributed by atoms with Gasteiger partial charge >= 0.3 is 0 Å². The minimum Gasteiger partial charge on any atom is -0.271 e. The smallest absolute Gasteiger partial charge is 0.260 e. The molecule has 2 rings (SSSR count). The Morgan fingerprint density at radius 2 is 2.08 bits per heavy atom. The topological polar surface area (TPSA) is 41.8 Å². The fraction of sp³-hybridized carbons (Fsp3) is 0.125. The summed E-state index contributed by atoms with van der Waals surface area (Å²) in [5, 5.41) is 0.774. The fourth-order valence-electron chi connectivity index (χ4n) is 1.15. The summed E-state index contributed by atoms with van der Waals surface area (Å²) in [6, 6.07) is 0. The van der Waals surface area contributed by atoms with E-state index in [2.05, 4.69) is 9.98 Å². The molecule has 0 N–H and O–H groups in total. The summed E-state index contributed by atoms with van der Waals surface area (Å²) in [5.41, 5.74) is 0.592. The Labute approximate surface area is 84.5 Å². The summed E-state index contributed by atoms with van der Waals surface area (Å²) < 4.78 is 0. The van der Waals surface area contributed by atoms with Crippen molar-refractivity contribution in [2.45, 2.75) is 0 Å². The third-order valence-corrected chi connectivity index (χ3v) is 2.53. The molecule has 0 aromatic heterocycles. The monoisotopic (exact) mass is 214 g/mol. The van der Waals surface area contributed by atoms with Gasteiger partial charge < -0.3 is 0 Å². The van der Waals surface area contributed by atoms with Crippen LogP contribution in [0.2, 0.25) is 0 Å². The van der Waals surface area contributed by atoms with E-state index in [1.54, 1.807) is 12.2 Å². The lowest BCUT2D eigenvalue weighted by molar-refractivity contribution is -0.118.